The molecule has 1 N–H and O–H groups in total. The molecule has 0 unspecified atom stereocenters. The predicted molar refractivity (Wildman–Crippen MR) is 91.8 cm³/mol. The van der Waals surface area contributed by atoms with E-state index in [-0.39, 0.29) is 5.91 Å². The monoisotopic (exact) mass is 394 g/mol. The first kappa shape index (κ1) is 15.5. The highest BCUT2D eigenvalue weighted by Crippen LogP contribution is 2.11. The maximum Gasteiger partial charge on any atom is 0.271 e. The molecule has 2 aromatic rings. The van der Waals surface area contributed by atoms with Crippen molar-refractivity contribution in [2.45, 2.75) is 6.92 Å². The fourth-order valence-corrected chi connectivity index (χ4v) is 2.06. The molecule has 0 atom stereocenters. The number of ether oxygens (including phenoxy) is 1. The molecule has 0 aromatic heterocycles. The zero-order chi connectivity index (χ0) is 15.2. The molecule has 0 fully saturated rings. The first-order chi connectivity index (χ1) is 10.1. The minimum absolute atomic E-state index is 0.248. The first-order valence-electron chi connectivity index (χ1n) is 6.35. The highest BCUT2D eigenvalue weighted by atomic mass is 127. The Morgan fingerprint density at radius 2 is 1.62 bits per heavy atom. The molecule has 0 saturated carbocycles. The summed E-state index contributed by atoms with van der Waals surface area (Å²) in [6, 6.07) is 14.8. The van der Waals surface area contributed by atoms with Crippen LogP contribution in [0.2, 0.25) is 0 Å². The number of hydrogen-bond acceptors (Lipinski definition) is 3. The summed E-state index contributed by atoms with van der Waals surface area (Å²) in [7, 11) is 1.59. The van der Waals surface area contributed by atoms with Crippen molar-refractivity contribution < 1.29 is 9.53 Å². The lowest BCUT2D eigenvalue weighted by molar-refractivity contribution is 0.0955. The van der Waals surface area contributed by atoms with Crippen LogP contribution in [0.4, 0.5) is 0 Å². The second-order valence-corrected chi connectivity index (χ2v) is 5.62. The minimum atomic E-state index is -0.248. The number of amides is 1. The van der Waals surface area contributed by atoms with Gasteiger partial charge in [-0.2, -0.15) is 5.10 Å². The number of carbonyl (C=O) groups is 1. The molecule has 2 aromatic carbocycles. The molecule has 21 heavy (non-hydrogen) atoms. The van der Waals surface area contributed by atoms with E-state index in [2.05, 4.69) is 33.1 Å². The molecule has 0 spiro atoms. The molecule has 0 aliphatic carbocycles. The van der Waals surface area contributed by atoms with Gasteiger partial charge in [-0.3, -0.25) is 4.79 Å². The maximum absolute atomic E-state index is 12.0. The summed E-state index contributed by atoms with van der Waals surface area (Å²) in [6.45, 7) is 1.86. The van der Waals surface area contributed by atoms with E-state index < -0.39 is 0 Å². The smallest absolute Gasteiger partial charge is 0.271 e. The summed E-state index contributed by atoms with van der Waals surface area (Å²) in [5, 5.41) is 4.13. The summed E-state index contributed by atoms with van der Waals surface area (Å²) in [5.74, 6) is 0.465. The van der Waals surface area contributed by atoms with Gasteiger partial charge in [0.15, 0.2) is 0 Å². The van der Waals surface area contributed by atoms with E-state index >= 15 is 0 Å². The SMILES string of the molecule is COc1ccc(C(=O)N/N=C(/C)c2ccc(I)cc2)cc1. The molecular weight excluding hydrogens is 379 g/mol. The summed E-state index contributed by atoms with van der Waals surface area (Å²) >= 11 is 2.25. The number of halogens is 1. The second-order valence-electron chi connectivity index (χ2n) is 4.37. The standard InChI is InChI=1S/C16H15IN2O2/c1-11(12-3-7-14(17)8-4-12)18-19-16(20)13-5-9-15(21-2)10-6-13/h3-10H,1-2H3,(H,19,20)/b18-11-. The van der Waals surface area contributed by atoms with Crippen molar-refractivity contribution >= 4 is 34.2 Å². The fourth-order valence-electron chi connectivity index (χ4n) is 1.70. The van der Waals surface area contributed by atoms with Crippen LogP contribution >= 0.6 is 22.6 Å². The van der Waals surface area contributed by atoms with Gasteiger partial charge in [-0.05, 0) is 71.5 Å². The number of rotatable bonds is 4. The van der Waals surface area contributed by atoms with Gasteiger partial charge in [-0.15, -0.1) is 0 Å². The van der Waals surface area contributed by atoms with Crippen molar-refractivity contribution in [2.24, 2.45) is 5.10 Å². The Bertz CT molecular complexity index is 649. The number of nitrogens with one attached hydrogen (secondary N) is 1. The van der Waals surface area contributed by atoms with Crippen LogP contribution in [0.3, 0.4) is 0 Å². The van der Waals surface area contributed by atoms with E-state index in [9.17, 15) is 4.79 Å². The van der Waals surface area contributed by atoms with Crippen LogP contribution in [0.1, 0.15) is 22.8 Å². The van der Waals surface area contributed by atoms with E-state index in [1.807, 2.05) is 31.2 Å². The summed E-state index contributed by atoms with van der Waals surface area (Å²) in [5.41, 5.74) is 4.83. The molecule has 0 aliphatic rings. The number of carbonyl (C=O) groups excluding carboxylic acids is 1. The topological polar surface area (TPSA) is 50.7 Å². The van der Waals surface area contributed by atoms with E-state index in [4.69, 9.17) is 4.74 Å². The number of methoxy groups -OCH3 is 1. The molecule has 0 bridgehead atoms. The van der Waals surface area contributed by atoms with Gasteiger partial charge in [0.2, 0.25) is 0 Å². The van der Waals surface area contributed by atoms with Gasteiger partial charge in [0.05, 0.1) is 12.8 Å². The van der Waals surface area contributed by atoms with E-state index in [1.165, 1.54) is 0 Å². The Balaban J connectivity index is 2.04. The highest BCUT2D eigenvalue weighted by Gasteiger charge is 2.05. The normalized spacial score (nSPS) is 11.1. The van der Waals surface area contributed by atoms with Crippen LogP contribution < -0.4 is 10.2 Å². The molecule has 0 aliphatic heterocycles. The summed E-state index contributed by atoms with van der Waals surface area (Å²) < 4.78 is 6.21. The van der Waals surface area contributed by atoms with E-state index in [0.717, 1.165) is 14.8 Å². The third kappa shape index (κ3) is 4.29. The number of hydrogen-bond donors (Lipinski definition) is 1. The second kappa shape index (κ2) is 7.21. The maximum atomic E-state index is 12.0. The van der Waals surface area contributed by atoms with Gasteiger partial charge in [-0.25, -0.2) is 5.43 Å². The lowest BCUT2D eigenvalue weighted by Gasteiger charge is -2.04. The van der Waals surface area contributed by atoms with Crippen molar-refractivity contribution in [3.8, 4) is 5.75 Å². The molecule has 2 rings (SSSR count). The van der Waals surface area contributed by atoms with Crippen LogP contribution in [-0.4, -0.2) is 18.7 Å². The average molecular weight is 394 g/mol. The van der Waals surface area contributed by atoms with Crippen LogP contribution in [0.15, 0.2) is 53.6 Å². The number of hydrazone groups is 1. The fraction of sp³-hybridized carbons (Fsp3) is 0.125. The van der Waals surface area contributed by atoms with Crippen molar-refractivity contribution in [1.82, 2.24) is 5.43 Å². The zero-order valence-electron chi connectivity index (χ0n) is 11.8. The van der Waals surface area contributed by atoms with E-state index in [1.54, 1.807) is 31.4 Å². The molecule has 5 heteroatoms. The van der Waals surface area contributed by atoms with E-state index in [0.29, 0.717) is 11.3 Å². The Kier molecular flexibility index (Phi) is 5.32. The van der Waals surface area contributed by atoms with Crippen molar-refractivity contribution in [1.29, 1.82) is 0 Å². The Morgan fingerprint density at radius 1 is 1.05 bits per heavy atom. The van der Waals surface area contributed by atoms with Crippen LogP contribution in [0.5, 0.6) is 5.75 Å². The van der Waals surface area contributed by atoms with Gasteiger partial charge in [0.25, 0.3) is 5.91 Å². The first-order valence-corrected chi connectivity index (χ1v) is 7.42. The lowest BCUT2D eigenvalue weighted by Crippen LogP contribution is -2.19. The average Bonchev–Trinajstić information content (AvgIpc) is 2.53. The highest BCUT2D eigenvalue weighted by molar-refractivity contribution is 14.1. The van der Waals surface area contributed by atoms with Crippen LogP contribution in [-0.2, 0) is 0 Å². The van der Waals surface area contributed by atoms with Gasteiger partial charge < -0.3 is 4.74 Å². The zero-order valence-corrected chi connectivity index (χ0v) is 13.9. The third-order valence-electron chi connectivity index (χ3n) is 2.94. The van der Waals surface area contributed by atoms with Crippen molar-refractivity contribution in [3.63, 3.8) is 0 Å². The Hall–Kier alpha value is -1.89. The molecule has 108 valence electrons. The third-order valence-corrected chi connectivity index (χ3v) is 3.66. The van der Waals surface area contributed by atoms with Gasteiger partial charge in [-0.1, -0.05) is 12.1 Å². The quantitative estimate of drug-likeness (QED) is 0.491. The number of nitrogens with zero attached hydrogens (tertiary/aromatic N) is 1. The lowest BCUT2D eigenvalue weighted by atomic mass is 10.1. The summed E-state index contributed by atoms with van der Waals surface area (Å²) in [6.07, 6.45) is 0. The minimum Gasteiger partial charge on any atom is -0.497 e. The molecule has 1 amide bonds. The summed E-state index contributed by atoms with van der Waals surface area (Å²) in [4.78, 5) is 12.0. The Morgan fingerprint density at radius 3 is 2.19 bits per heavy atom. The predicted octanol–water partition coefficient (Wildman–Crippen LogP) is 3.45. The Labute approximate surface area is 137 Å². The van der Waals surface area contributed by atoms with Gasteiger partial charge in [0.1, 0.15) is 5.75 Å². The van der Waals surface area contributed by atoms with Crippen molar-refractivity contribution in [3.05, 3.63) is 63.2 Å². The largest absolute Gasteiger partial charge is 0.497 e. The molecule has 4 nitrogen and oxygen atoms in total. The van der Waals surface area contributed by atoms with Crippen molar-refractivity contribution in [2.75, 3.05) is 7.11 Å². The van der Waals surface area contributed by atoms with Gasteiger partial charge in [0, 0.05) is 9.13 Å². The van der Waals surface area contributed by atoms with Gasteiger partial charge >= 0.3 is 0 Å². The molecule has 0 saturated heterocycles. The van der Waals surface area contributed by atoms with Crippen LogP contribution in [0.25, 0.3) is 0 Å². The number of benzene rings is 2. The molecular formula is C16H15IN2O2. The van der Waals surface area contributed by atoms with Crippen LogP contribution in [0, 0.1) is 3.57 Å². The molecule has 0 radical (unpaired) electrons. The molecule has 0 heterocycles.